The minimum absolute atomic E-state index is 0.202. The maximum absolute atomic E-state index is 12.4. The summed E-state index contributed by atoms with van der Waals surface area (Å²) in [5.41, 5.74) is 0. The summed E-state index contributed by atoms with van der Waals surface area (Å²) in [4.78, 5) is 42.8. The van der Waals surface area contributed by atoms with E-state index < -0.39 is 32.5 Å². The van der Waals surface area contributed by atoms with Gasteiger partial charge in [0.25, 0.3) is 0 Å². The average Bonchev–Trinajstić information content (AvgIpc) is 3.08. The Morgan fingerprint density at radius 2 is 0.900 bits per heavy atom. The fourth-order valence-electron chi connectivity index (χ4n) is 5.57. The van der Waals surface area contributed by atoms with E-state index >= 15 is 0 Å². The number of hydrogen-bond acceptors (Lipinski definition) is 6. The Kier molecular flexibility index (Phi) is 35.8. The first kappa shape index (κ1) is 48.3. The van der Waals surface area contributed by atoms with Crippen molar-refractivity contribution in [1.82, 2.24) is 0 Å². The molecule has 0 saturated heterocycles. The number of unbranched alkanes of at least 4 members (excludes halogenated alkanes) is 21. The highest BCUT2D eigenvalue weighted by atomic mass is 31.2. The van der Waals surface area contributed by atoms with Gasteiger partial charge in [-0.2, -0.15) is 0 Å². The predicted molar refractivity (Wildman–Crippen MR) is 207 cm³/mol. The summed E-state index contributed by atoms with van der Waals surface area (Å²) in [6.45, 7) is 3.64. The molecule has 292 valence electrons. The van der Waals surface area contributed by atoms with Crippen LogP contribution in [-0.4, -0.2) is 41.0 Å². The van der Waals surface area contributed by atoms with Crippen molar-refractivity contribution in [3.63, 3.8) is 0 Å². The molecule has 0 saturated carbocycles. The number of esters is 2. The van der Waals surface area contributed by atoms with E-state index in [2.05, 4.69) is 54.8 Å². The summed E-state index contributed by atoms with van der Waals surface area (Å²) in [6.07, 6.45) is 42.8. The van der Waals surface area contributed by atoms with Crippen LogP contribution in [-0.2, 0) is 28.2 Å². The van der Waals surface area contributed by atoms with E-state index in [-0.39, 0.29) is 19.4 Å². The second kappa shape index (κ2) is 37.0. The molecule has 9 heteroatoms. The highest BCUT2D eigenvalue weighted by molar-refractivity contribution is 7.46. The molecule has 0 unspecified atom stereocenters. The Morgan fingerprint density at radius 1 is 0.520 bits per heavy atom. The van der Waals surface area contributed by atoms with Crippen molar-refractivity contribution in [1.29, 1.82) is 0 Å². The molecule has 2 N–H and O–H groups in total. The first-order valence-electron chi connectivity index (χ1n) is 20.3. The number of ether oxygens (including phenoxy) is 2. The molecule has 0 aliphatic heterocycles. The third-order valence-corrected chi connectivity index (χ3v) is 9.12. The van der Waals surface area contributed by atoms with Crippen molar-refractivity contribution >= 4 is 19.8 Å². The molecule has 8 nitrogen and oxygen atoms in total. The van der Waals surface area contributed by atoms with E-state index in [0.717, 1.165) is 64.2 Å². The molecule has 0 aliphatic rings. The zero-order chi connectivity index (χ0) is 36.8. The van der Waals surface area contributed by atoms with Crippen LogP contribution in [0.4, 0.5) is 0 Å². The van der Waals surface area contributed by atoms with Crippen LogP contribution in [0.2, 0.25) is 0 Å². The fraction of sp³-hybridized carbons (Fsp3) is 0.805. The van der Waals surface area contributed by atoms with Gasteiger partial charge in [-0.05, 0) is 70.6 Å². The molecule has 0 radical (unpaired) electrons. The van der Waals surface area contributed by atoms with Crippen LogP contribution >= 0.6 is 7.82 Å². The summed E-state index contributed by atoms with van der Waals surface area (Å²) < 4.78 is 26.4. The number of carbonyl (C=O) groups is 2. The fourth-order valence-corrected chi connectivity index (χ4v) is 5.93. The van der Waals surface area contributed by atoms with Crippen LogP contribution in [0.25, 0.3) is 0 Å². The molecular formula is C41H75O8P. The minimum Gasteiger partial charge on any atom is -0.462 e. The second-order valence-electron chi connectivity index (χ2n) is 13.6. The highest BCUT2D eigenvalue weighted by Gasteiger charge is 2.22. The van der Waals surface area contributed by atoms with Crippen molar-refractivity contribution in [2.45, 2.75) is 200 Å². The quantitative estimate of drug-likeness (QED) is 0.0281. The molecule has 0 aromatic rings. The topological polar surface area (TPSA) is 119 Å². The molecule has 1 atom stereocenters. The molecule has 0 amide bonds. The van der Waals surface area contributed by atoms with E-state index in [9.17, 15) is 14.2 Å². The summed E-state index contributed by atoms with van der Waals surface area (Å²) in [5.74, 6) is -0.897. The van der Waals surface area contributed by atoms with Crippen molar-refractivity contribution in [2.24, 2.45) is 0 Å². The minimum atomic E-state index is -4.75. The summed E-state index contributed by atoms with van der Waals surface area (Å²) in [7, 11) is -4.75. The van der Waals surface area contributed by atoms with Gasteiger partial charge >= 0.3 is 19.8 Å². The van der Waals surface area contributed by atoms with Gasteiger partial charge in [0.2, 0.25) is 0 Å². The Bertz CT molecular complexity index is 910. The van der Waals surface area contributed by atoms with Gasteiger partial charge in [-0.15, -0.1) is 0 Å². The van der Waals surface area contributed by atoms with Gasteiger partial charge in [0, 0.05) is 12.8 Å². The number of rotatable bonds is 37. The van der Waals surface area contributed by atoms with E-state index in [1.807, 2.05) is 0 Å². The van der Waals surface area contributed by atoms with Gasteiger partial charge in [-0.25, -0.2) is 4.57 Å². The van der Waals surface area contributed by atoms with E-state index in [4.69, 9.17) is 19.3 Å². The molecule has 0 aromatic carbocycles. The van der Waals surface area contributed by atoms with Gasteiger partial charge < -0.3 is 19.3 Å². The molecule has 0 spiro atoms. The second-order valence-corrected chi connectivity index (χ2v) is 14.8. The average molecular weight is 727 g/mol. The molecule has 50 heavy (non-hydrogen) atoms. The maximum Gasteiger partial charge on any atom is 0.469 e. The monoisotopic (exact) mass is 727 g/mol. The summed E-state index contributed by atoms with van der Waals surface area (Å²) >= 11 is 0. The third kappa shape index (κ3) is 39.1. The first-order valence-corrected chi connectivity index (χ1v) is 21.8. The molecule has 0 aromatic heterocycles. The van der Waals surface area contributed by atoms with Crippen LogP contribution in [0, 0.1) is 0 Å². The molecule has 0 heterocycles. The normalized spacial score (nSPS) is 12.8. The lowest BCUT2D eigenvalue weighted by Crippen LogP contribution is -2.29. The maximum atomic E-state index is 12.4. The van der Waals surface area contributed by atoms with Crippen molar-refractivity contribution in [3.8, 4) is 0 Å². The largest absolute Gasteiger partial charge is 0.469 e. The Balaban J connectivity index is 3.95. The lowest BCUT2D eigenvalue weighted by molar-refractivity contribution is -0.161. The Hall–Kier alpha value is -1.73. The first-order chi connectivity index (χ1) is 24.3. The lowest BCUT2D eigenvalue weighted by atomic mass is 10.1. The van der Waals surface area contributed by atoms with E-state index in [1.165, 1.54) is 96.3 Å². The van der Waals surface area contributed by atoms with Crippen LogP contribution < -0.4 is 0 Å². The zero-order valence-electron chi connectivity index (χ0n) is 32.0. The van der Waals surface area contributed by atoms with Crippen LogP contribution in [0.5, 0.6) is 0 Å². The summed E-state index contributed by atoms with van der Waals surface area (Å²) in [6, 6.07) is 0. The lowest BCUT2D eigenvalue weighted by Gasteiger charge is -2.18. The van der Waals surface area contributed by atoms with Gasteiger partial charge in [0.1, 0.15) is 6.61 Å². The predicted octanol–water partition coefficient (Wildman–Crippen LogP) is 12.2. The van der Waals surface area contributed by atoms with E-state index in [1.54, 1.807) is 0 Å². The molecule has 0 bridgehead atoms. The van der Waals surface area contributed by atoms with Gasteiger partial charge in [-0.1, -0.05) is 147 Å². The Morgan fingerprint density at radius 3 is 1.38 bits per heavy atom. The zero-order valence-corrected chi connectivity index (χ0v) is 32.9. The van der Waals surface area contributed by atoms with Crippen LogP contribution in [0.1, 0.15) is 194 Å². The number of hydrogen-bond donors (Lipinski definition) is 2. The van der Waals surface area contributed by atoms with E-state index in [0.29, 0.717) is 6.42 Å². The number of carbonyl (C=O) groups excluding carboxylic acids is 2. The van der Waals surface area contributed by atoms with Crippen molar-refractivity contribution < 1.29 is 37.9 Å². The van der Waals surface area contributed by atoms with Crippen molar-refractivity contribution in [3.05, 3.63) is 36.5 Å². The molecule has 0 fully saturated rings. The molecule has 0 aliphatic carbocycles. The third-order valence-electron chi connectivity index (χ3n) is 8.63. The van der Waals surface area contributed by atoms with Crippen LogP contribution in [0.15, 0.2) is 36.5 Å². The molecule has 0 rings (SSSR count). The van der Waals surface area contributed by atoms with Gasteiger partial charge in [0.05, 0.1) is 6.61 Å². The highest BCUT2D eigenvalue weighted by Crippen LogP contribution is 2.36. The standard InChI is InChI=1S/C41H75O8P/c1-3-5-7-9-11-13-15-17-19-20-22-24-26-28-30-32-34-36-41(43)49-39(38-48-50(44,45)46)37-47-40(42)35-33-31-29-27-25-23-21-18-16-14-12-10-8-6-4-2/h11,13-14,16-17,19,39H,3-10,12,15,18,20-38H2,1-2H3,(H2,44,45,46)/b13-11+,16-14+,19-17+/t39-/m1/s1. The Labute approximate surface area is 306 Å². The van der Waals surface area contributed by atoms with Gasteiger partial charge in [0.15, 0.2) is 6.10 Å². The SMILES string of the molecule is CCCCC/C=C/C/C=C/CCCCCCCCCC(=O)O[C@H](COC(=O)CCCCCCCCC/C=C/CCCCCC)COP(=O)(O)O. The molecular weight excluding hydrogens is 651 g/mol. The number of phosphoric acid groups is 1. The van der Waals surface area contributed by atoms with Crippen molar-refractivity contribution in [2.75, 3.05) is 13.2 Å². The number of phosphoric ester groups is 1. The summed E-state index contributed by atoms with van der Waals surface area (Å²) in [5, 5.41) is 0. The smallest absolute Gasteiger partial charge is 0.462 e. The van der Waals surface area contributed by atoms with Gasteiger partial charge in [-0.3, -0.25) is 14.1 Å². The van der Waals surface area contributed by atoms with Crippen LogP contribution in [0.3, 0.4) is 0 Å². The number of allylic oxidation sites excluding steroid dienone is 6.